The Morgan fingerprint density at radius 2 is 1.75 bits per heavy atom. The van der Waals surface area contributed by atoms with Crippen molar-refractivity contribution in [2.45, 2.75) is 0 Å². The molecule has 0 aliphatic rings. The Bertz CT molecular complexity index is 13.5. The largest absolute Gasteiger partial charge is 0.344 e. The predicted octanol–water partition coefficient (Wildman–Crippen LogP) is -0.343. The maximum Gasteiger partial charge on any atom is 0.0283 e. The average Bonchev–Trinajstić information content (AvgIpc) is 0.918. The summed E-state index contributed by atoms with van der Waals surface area (Å²) >= 11 is 0. The van der Waals surface area contributed by atoms with Crippen molar-refractivity contribution in [3.63, 3.8) is 0 Å². The lowest BCUT2D eigenvalue weighted by molar-refractivity contribution is 2.13. The minimum Gasteiger partial charge on any atom is -0.344 e. The SMILES string of the molecule is C=C[SiH3].N. The van der Waals surface area contributed by atoms with Gasteiger partial charge in [-0.3, -0.25) is 0 Å². The molecule has 0 aliphatic carbocycles. The van der Waals surface area contributed by atoms with Crippen LogP contribution in [0, 0.1) is 0 Å². The second kappa shape index (κ2) is 12.7. The van der Waals surface area contributed by atoms with Crippen LogP contribution in [0.15, 0.2) is 12.3 Å². The van der Waals surface area contributed by atoms with E-state index in [1.54, 1.807) is 0 Å². The molecule has 0 fully saturated rings. The van der Waals surface area contributed by atoms with E-state index in [4.69, 9.17) is 0 Å². The van der Waals surface area contributed by atoms with Gasteiger partial charge in [0, 0.05) is 10.2 Å². The highest BCUT2D eigenvalue weighted by Gasteiger charge is 1.16. The van der Waals surface area contributed by atoms with Gasteiger partial charge >= 0.3 is 0 Å². The molecule has 0 heterocycles. The van der Waals surface area contributed by atoms with Crippen molar-refractivity contribution >= 4 is 10.2 Å². The molecular weight excluding hydrogens is 66.1 g/mol. The lowest BCUT2D eigenvalue weighted by Gasteiger charge is -1.29. The van der Waals surface area contributed by atoms with E-state index in [1.165, 1.54) is 0 Å². The molecule has 0 atom stereocenters. The molecule has 0 unspecified atom stereocenters. The summed E-state index contributed by atoms with van der Waals surface area (Å²) in [6.45, 7) is 3.42. The van der Waals surface area contributed by atoms with E-state index in [1.807, 2.05) is 5.70 Å². The Morgan fingerprint density at radius 3 is 1.75 bits per heavy atom. The standard InChI is InChI=1S/C2H6Si.H3N/c1-2-3;/h2H,1H2,3H3;1H3. The molecule has 2 heteroatoms. The average molecular weight is 75.2 g/mol. The maximum atomic E-state index is 3.42. The Balaban J connectivity index is 0. The minimum atomic E-state index is 0. The van der Waals surface area contributed by atoms with E-state index in [0.29, 0.717) is 0 Å². The van der Waals surface area contributed by atoms with Gasteiger partial charge in [-0.05, 0) is 0 Å². The van der Waals surface area contributed by atoms with Crippen LogP contribution in [0.2, 0.25) is 0 Å². The van der Waals surface area contributed by atoms with Crippen LogP contribution in [0.3, 0.4) is 0 Å². The summed E-state index contributed by atoms with van der Waals surface area (Å²) in [5.74, 6) is 0. The fourth-order valence-corrected chi connectivity index (χ4v) is 0. The predicted molar refractivity (Wildman–Crippen MR) is 25.2 cm³/mol. The normalized spacial score (nSPS) is 4.00. The van der Waals surface area contributed by atoms with Crippen LogP contribution in [0.5, 0.6) is 0 Å². The van der Waals surface area contributed by atoms with E-state index in [2.05, 4.69) is 6.58 Å². The topological polar surface area (TPSA) is 35.0 Å². The van der Waals surface area contributed by atoms with Crippen LogP contribution in [0.4, 0.5) is 0 Å². The second-order valence-corrected chi connectivity index (χ2v) is 1.22. The van der Waals surface area contributed by atoms with E-state index in [0.717, 1.165) is 10.2 Å². The quantitative estimate of drug-likeness (QED) is 0.393. The fraction of sp³-hybridized carbons (Fsp3) is 0. The van der Waals surface area contributed by atoms with Crippen LogP contribution in [0.1, 0.15) is 0 Å². The second-order valence-electron chi connectivity index (χ2n) is 0.408. The zero-order valence-corrected chi connectivity index (χ0v) is 4.99. The van der Waals surface area contributed by atoms with Crippen molar-refractivity contribution in [1.82, 2.24) is 6.15 Å². The highest BCUT2D eigenvalue weighted by atomic mass is 28.1. The van der Waals surface area contributed by atoms with Gasteiger partial charge in [-0.2, -0.15) is 0 Å². The summed E-state index contributed by atoms with van der Waals surface area (Å²) in [7, 11) is 1.13. The number of hydrogen-bond acceptors (Lipinski definition) is 1. The van der Waals surface area contributed by atoms with Gasteiger partial charge in [0.05, 0.1) is 0 Å². The summed E-state index contributed by atoms with van der Waals surface area (Å²) in [6, 6.07) is 0. The molecule has 0 saturated heterocycles. The van der Waals surface area contributed by atoms with Gasteiger partial charge in [-0.25, -0.2) is 0 Å². The molecule has 3 N–H and O–H groups in total. The molecule has 0 aromatic carbocycles. The molecule has 0 spiro atoms. The van der Waals surface area contributed by atoms with Crippen molar-refractivity contribution in [2.24, 2.45) is 0 Å². The fourth-order valence-electron chi connectivity index (χ4n) is 0. The van der Waals surface area contributed by atoms with Crippen molar-refractivity contribution in [2.75, 3.05) is 0 Å². The van der Waals surface area contributed by atoms with Crippen molar-refractivity contribution in [3.05, 3.63) is 12.3 Å². The summed E-state index contributed by atoms with van der Waals surface area (Å²) in [5, 5.41) is 0. The summed E-state index contributed by atoms with van der Waals surface area (Å²) in [5.41, 5.74) is 1.89. The van der Waals surface area contributed by atoms with Gasteiger partial charge in [0.15, 0.2) is 0 Å². The molecule has 0 aliphatic heterocycles. The minimum absolute atomic E-state index is 0. The number of hydrogen-bond donors (Lipinski definition) is 1. The molecule has 1 nitrogen and oxygen atoms in total. The third-order valence-corrected chi connectivity index (χ3v) is 0. The molecule has 0 aromatic heterocycles. The Labute approximate surface area is 29.7 Å². The molecule has 0 aromatic rings. The first kappa shape index (κ1) is 9.07. The van der Waals surface area contributed by atoms with Crippen LogP contribution in [-0.4, -0.2) is 10.2 Å². The third kappa shape index (κ3) is 233. The molecule has 4 heavy (non-hydrogen) atoms. The van der Waals surface area contributed by atoms with E-state index >= 15 is 0 Å². The lowest BCUT2D eigenvalue weighted by atomic mass is 11.3. The first-order chi connectivity index (χ1) is 1.41. The van der Waals surface area contributed by atoms with E-state index in [-0.39, 0.29) is 6.15 Å². The van der Waals surface area contributed by atoms with E-state index in [9.17, 15) is 0 Å². The van der Waals surface area contributed by atoms with Gasteiger partial charge in [-0.1, -0.05) is 0 Å². The van der Waals surface area contributed by atoms with Gasteiger partial charge in [-0.15, -0.1) is 12.3 Å². The Hall–Kier alpha value is -0.0831. The van der Waals surface area contributed by atoms with Crippen molar-refractivity contribution < 1.29 is 0 Å². The highest BCUT2D eigenvalue weighted by molar-refractivity contribution is 6.16. The summed E-state index contributed by atoms with van der Waals surface area (Å²) < 4.78 is 0. The van der Waals surface area contributed by atoms with Crippen LogP contribution in [0.25, 0.3) is 0 Å². The Kier molecular flexibility index (Phi) is 28.9. The third-order valence-electron chi connectivity index (χ3n) is 0. The summed E-state index contributed by atoms with van der Waals surface area (Å²) in [6.07, 6.45) is 0. The van der Waals surface area contributed by atoms with E-state index < -0.39 is 0 Å². The highest BCUT2D eigenvalue weighted by Crippen LogP contribution is 1.24. The molecule has 0 amide bonds. The smallest absolute Gasteiger partial charge is 0.0283 e. The van der Waals surface area contributed by atoms with Gasteiger partial charge in [0.1, 0.15) is 0 Å². The Morgan fingerprint density at radius 1 is 1.75 bits per heavy atom. The summed E-state index contributed by atoms with van der Waals surface area (Å²) in [4.78, 5) is 0. The maximum absolute atomic E-state index is 3.42. The molecule has 0 rings (SSSR count). The van der Waals surface area contributed by atoms with Gasteiger partial charge in [0.2, 0.25) is 0 Å². The molecular formula is C2H9NSi. The molecule has 0 saturated carbocycles. The van der Waals surface area contributed by atoms with Gasteiger partial charge < -0.3 is 6.15 Å². The zero-order valence-electron chi connectivity index (χ0n) is 2.99. The van der Waals surface area contributed by atoms with Crippen LogP contribution >= 0.6 is 0 Å². The first-order valence-electron chi connectivity index (χ1n) is 0.986. The van der Waals surface area contributed by atoms with Gasteiger partial charge in [0.25, 0.3) is 0 Å². The van der Waals surface area contributed by atoms with Crippen LogP contribution < -0.4 is 6.15 Å². The molecule has 0 bridgehead atoms. The number of rotatable bonds is 0. The molecule has 26 valence electrons. The van der Waals surface area contributed by atoms with Crippen LogP contribution in [-0.2, 0) is 0 Å². The monoisotopic (exact) mass is 75.1 g/mol. The first-order valence-corrected chi connectivity index (χ1v) is 2.14. The lowest BCUT2D eigenvalue weighted by Crippen LogP contribution is -1.29. The zero-order chi connectivity index (χ0) is 2.71. The van der Waals surface area contributed by atoms with Crippen molar-refractivity contribution in [3.8, 4) is 0 Å². The van der Waals surface area contributed by atoms with Crippen molar-refractivity contribution in [1.29, 1.82) is 0 Å². The molecule has 0 radical (unpaired) electrons.